The lowest BCUT2D eigenvalue weighted by Gasteiger charge is -2.48. The minimum Gasteiger partial charge on any atom is -0.100 e. The molecule has 0 N–H and O–H groups in total. The van der Waals surface area contributed by atoms with Crippen LogP contribution in [0.4, 0.5) is 0 Å². The normalized spacial score (nSPS) is 39.4. The third-order valence-corrected chi connectivity index (χ3v) is 14.2. The highest BCUT2D eigenvalue weighted by molar-refractivity contribution is 6.76. The maximum absolute atomic E-state index is 4.56. The van der Waals surface area contributed by atoms with E-state index in [-0.39, 0.29) is 0 Å². The van der Waals surface area contributed by atoms with Gasteiger partial charge in [-0.05, 0) is 140 Å². The average molecular weight is 527 g/mol. The molecule has 4 rings (SSSR count). The van der Waals surface area contributed by atoms with Crippen LogP contribution in [-0.2, 0) is 0 Å². The predicted molar refractivity (Wildman–Crippen MR) is 168 cm³/mol. The number of fused-ring (bicyclic) bond motifs is 3. The molecular weight excluding hydrogens is 460 g/mol. The van der Waals surface area contributed by atoms with Crippen molar-refractivity contribution in [3.63, 3.8) is 0 Å². The van der Waals surface area contributed by atoms with E-state index < -0.39 is 8.07 Å². The van der Waals surface area contributed by atoms with E-state index in [9.17, 15) is 0 Å². The summed E-state index contributed by atoms with van der Waals surface area (Å²) in [4.78, 5) is 0. The maximum atomic E-state index is 4.56. The molecule has 4 aliphatic carbocycles. The first-order valence-electron chi connectivity index (χ1n) is 16.5. The molecule has 4 aliphatic rings. The Morgan fingerprint density at radius 2 is 1.08 bits per heavy atom. The molecule has 37 heavy (non-hydrogen) atoms. The quantitative estimate of drug-likeness (QED) is 0.238. The third-order valence-electron chi connectivity index (χ3n) is 12.6. The summed E-state index contributed by atoms with van der Waals surface area (Å²) in [5, 5.41) is 0. The molecule has 0 nitrogen and oxygen atoms in total. The molecule has 4 fully saturated rings. The van der Waals surface area contributed by atoms with E-state index in [1.54, 1.807) is 5.57 Å². The Kier molecular flexibility index (Phi) is 8.42. The smallest absolute Gasteiger partial charge is 0.0483 e. The second kappa shape index (κ2) is 10.4. The Hall–Kier alpha value is -0.0431. The van der Waals surface area contributed by atoms with Gasteiger partial charge in [-0.3, -0.25) is 0 Å². The largest absolute Gasteiger partial charge is 0.100 e. The fourth-order valence-electron chi connectivity index (χ4n) is 10.8. The van der Waals surface area contributed by atoms with Gasteiger partial charge in [0.2, 0.25) is 0 Å². The average Bonchev–Trinajstić information content (AvgIpc) is 3.33. The van der Waals surface area contributed by atoms with E-state index in [1.165, 1.54) is 70.3 Å². The lowest BCUT2D eigenvalue weighted by Crippen LogP contribution is -2.40. The Morgan fingerprint density at radius 1 is 0.622 bits per heavy atom. The van der Waals surface area contributed by atoms with Crippen molar-refractivity contribution in [3.8, 4) is 0 Å². The van der Waals surface area contributed by atoms with Crippen molar-refractivity contribution in [2.24, 2.45) is 69.5 Å². The van der Waals surface area contributed by atoms with Gasteiger partial charge in [-0.15, -0.1) is 6.58 Å². The van der Waals surface area contributed by atoms with Gasteiger partial charge in [-0.1, -0.05) is 80.6 Å². The lowest BCUT2D eigenvalue weighted by molar-refractivity contribution is 0.0122. The van der Waals surface area contributed by atoms with Crippen LogP contribution in [0.25, 0.3) is 0 Å². The van der Waals surface area contributed by atoms with Crippen molar-refractivity contribution in [3.05, 3.63) is 12.2 Å². The van der Waals surface area contributed by atoms with E-state index in [0.29, 0.717) is 16.2 Å². The molecule has 0 amide bonds. The van der Waals surface area contributed by atoms with Crippen molar-refractivity contribution < 1.29 is 0 Å². The van der Waals surface area contributed by atoms with E-state index in [1.807, 2.05) is 0 Å². The molecule has 0 aromatic rings. The van der Waals surface area contributed by atoms with Crippen LogP contribution in [0.5, 0.6) is 0 Å². The Bertz CT molecular complexity index is 760. The molecule has 214 valence electrons. The highest BCUT2D eigenvalue weighted by Gasteiger charge is 2.60. The zero-order chi connectivity index (χ0) is 27.6. The summed E-state index contributed by atoms with van der Waals surface area (Å²) < 4.78 is 0. The molecule has 0 saturated heterocycles. The van der Waals surface area contributed by atoms with Gasteiger partial charge >= 0.3 is 0 Å². The second-order valence-corrected chi connectivity index (χ2v) is 24.3. The number of hydrogen-bond acceptors (Lipinski definition) is 0. The summed E-state index contributed by atoms with van der Waals surface area (Å²) in [5.41, 5.74) is 3.02. The highest BCUT2D eigenvalue weighted by Crippen LogP contribution is 2.67. The monoisotopic (exact) mass is 526 g/mol. The summed E-state index contributed by atoms with van der Waals surface area (Å²) >= 11 is 0. The SMILES string of the molecule is C=C(CC1CCC(C(C)(C)C2C3CCC(C(C)(C)C)CC3C3CC(C(C)(C)C)CCC32)C1)C[Si](C)(C)C. The second-order valence-electron chi connectivity index (χ2n) is 18.8. The number of rotatable bonds is 6. The van der Waals surface area contributed by atoms with Crippen LogP contribution < -0.4 is 0 Å². The van der Waals surface area contributed by atoms with Gasteiger partial charge in [0.25, 0.3) is 0 Å². The molecule has 0 aromatic heterocycles. The first kappa shape index (κ1) is 29.9. The lowest BCUT2D eigenvalue weighted by atomic mass is 9.57. The minimum atomic E-state index is -1.04. The Morgan fingerprint density at radius 3 is 1.51 bits per heavy atom. The van der Waals surface area contributed by atoms with Gasteiger partial charge in [0.15, 0.2) is 0 Å². The Balaban J connectivity index is 1.53. The summed E-state index contributed by atoms with van der Waals surface area (Å²) in [6, 6.07) is 1.33. The predicted octanol–water partition coefficient (Wildman–Crippen LogP) is 11.5. The summed E-state index contributed by atoms with van der Waals surface area (Å²) in [7, 11) is -1.04. The molecule has 4 saturated carbocycles. The van der Waals surface area contributed by atoms with Crippen molar-refractivity contribution in [2.45, 2.75) is 145 Å². The van der Waals surface area contributed by atoms with Crippen LogP contribution >= 0.6 is 0 Å². The van der Waals surface area contributed by atoms with Crippen LogP contribution in [-0.4, -0.2) is 8.07 Å². The standard InChI is InChI=1S/C36H66Si/c1-24(23-37(10,11)12)19-25-13-14-28(20-25)36(8,9)33-29-17-15-26(34(2,3)4)21-31(29)32-22-27(35(5,6)7)16-18-30(32)33/h25-33H,1,13-23H2,2-12H3. The number of hydrogen-bond donors (Lipinski definition) is 0. The van der Waals surface area contributed by atoms with Gasteiger partial charge in [0.05, 0.1) is 0 Å². The topological polar surface area (TPSA) is 0 Å². The van der Waals surface area contributed by atoms with Crippen molar-refractivity contribution in [1.29, 1.82) is 0 Å². The molecule has 0 bridgehead atoms. The first-order chi connectivity index (χ1) is 16.9. The van der Waals surface area contributed by atoms with Gasteiger partial charge in [-0.2, -0.15) is 0 Å². The molecule has 0 heterocycles. The van der Waals surface area contributed by atoms with Crippen LogP contribution in [0.3, 0.4) is 0 Å². The van der Waals surface area contributed by atoms with E-state index >= 15 is 0 Å². The fraction of sp³-hybridized carbons (Fsp3) is 0.944. The molecule has 8 unspecified atom stereocenters. The van der Waals surface area contributed by atoms with E-state index in [0.717, 1.165) is 53.3 Å². The summed E-state index contributed by atoms with van der Waals surface area (Å²) in [6.45, 7) is 32.8. The molecule has 8 atom stereocenters. The third kappa shape index (κ3) is 6.49. The summed E-state index contributed by atoms with van der Waals surface area (Å²) in [5.74, 6) is 8.69. The van der Waals surface area contributed by atoms with Crippen molar-refractivity contribution in [2.75, 3.05) is 0 Å². The molecule has 0 aliphatic heterocycles. The van der Waals surface area contributed by atoms with Crippen LogP contribution in [0, 0.1) is 69.5 Å². The number of allylic oxidation sites excluding steroid dienone is 1. The van der Waals surface area contributed by atoms with Gasteiger partial charge < -0.3 is 0 Å². The fourth-order valence-corrected chi connectivity index (χ4v) is 12.4. The molecular formula is C36H66Si. The van der Waals surface area contributed by atoms with Crippen LogP contribution in [0.1, 0.15) is 120 Å². The molecule has 0 spiro atoms. The molecule has 0 aromatic carbocycles. The first-order valence-corrected chi connectivity index (χ1v) is 20.2. The van der Waals surface area contributed by atoms with E-state index in [2.05, 4.69) is 81.6 Å². The maximum Gasteiger partial charge on any atom is 0.0483 e. The van der Waals surface area contributed by atoms with Gasteiger partial charge in [0.1, 0.15) is 0 Å². The molecule has 1 heteroatoms. The minimum absolute atomic E-state index is 0.475. The van der Waals surface area contributed by atoms with Gasteiger partial charge in [-0.25, -0.2) is 0 Å². The van der Waals surface area contributed by atoms with E-state index in [4.69, 9.17) is 0 Å². The zero-order valence-corrected chi connectivity index (χ0v) is 28.2. The van der Waals surface area contributed by atoms with Crippen molar-refractivity contribution in [1.82, 2.24) is 0 Å². The Labute approximate surface area is 234 Å². The molecule has 0 radical (unpaired) electrons. The summed E-state index contributed by atoms with van der Waals surface area (Å²) in [6.07, 6.45) is 14.8. The van der Waals surface area contributed by atoms with Crippen LogP contribution in [0.15, 0.2) is 12.2 Å². The zero-order valence-electron chi connectivity index (χ0n) is 27.2. The van der Waals surface area contributed by atoms with Crippen molar-refractivity contribution >= 4 is 8.07 Å². The van der Waals surface area contributed by atoms with Gasteiger partial charge in [0, 0.05) is 8.07 Å². The highest BCUT2D eigenvalue weighted by atomic mass is 28.3. The van der Waals surface area contributed by atoms with Crippen LogP contribution in [0.2, 0.25) is 25.7 Å².